The molecule has 0 atom stereocenters. The average Bonchev–Trinajstić information content (AvgIpc) is 3.20. The minimum Gasteiger partial charge on any atom is -0.337 e. The van der Waals surface area contributed by atoms with E-state index in [0.29, 0.717) is 10.0 Å². The van der Waals surface area contributed by atoms with E-state index in [1.54, 1.807) is 17.5 Å². The second-order valence-electron chi connectivity index (χ2n) is 4.18. The molecule has 0 saturated carbocycles. The molecular weight excluding hydrogens is 330 g/mol. The fourth-order valence-corrected chi connectivity index (χ4v) is 4.63. The lowest BCUT2D eigenvalue weighted by Gasteiger charge is -2.13. The van der Waals surface area contributed by atoms with Crippen LogP contribution in [0.4, 0.5) is 0 Å². The number of thiophene rings is 2. The zero-order valence-corrected chi connectivity index (χ0v) is 13.4. The first-order valence-corrected chi connectivity index (χ1v) is 9.13. The first kappa shape index (κ1) is 14.4. The molecule has 3 aromatic heterocycles. The molecule has 0 aliphatic heterocycles. The summed E-state index contributed by atoms with van der Waals surface area (Å²) in [5, 5.41) is 7.50. The van der Waals surface area contributed by atoms with Crippen molar-refractivity contribution in [3.63, 3.8) is 0 Å². The number of hydrogen-bond acceptors (Lipinski definition) is 7. The van der Waals surface area contributed by atoms with Gasteiger partial charge in [0.1, 0.15) is 4.21 Å². The summed E-state index contributed by atoms with van der Waals surface area (Å²) in [6.07, 6.45) is 0. The van der Waals surface area contributed by atoms with Crippen LogP contribution in [0.5, 0.6) is 0 Å². The smallest absolute Gasteiger partial charge is 0.252 e. The number of rotatable bonds is 5. The van der Waals surface area contributed by atoms with E-state index in [0.717, 1.165) is 4.88 Å². The molecule has 9 heteroatoms. The second kappa shape index (κ2) is 5.68. The zero-order chi connectivity index (χ0) is 14.9. The predicted molar refractivity (Wildman–Crippen MR) is 80.6 cm³/mol. The summed E-state index contributed by atoms with van der Waals surface area (Å²) < 4.78 is 31.2. The van der Waals surface area contributed by atoms with Gasteiger partial charge in [0.15, 0.2) is 0 Å². The Labute approximate surface area is 129 Å². The molecule has 3 aromatic rings. The standard InChI is InChI=1S/C12H11N3O3S3/c1-15(21(16,17)11-5-3-7-20-11)8-10-13-12(14-18-10)9-4-2-6-19-9/h2-7H,8H2,1H3. The highest BCUT2D eigenvalue weighted by Crippen LogP contribution is 2.23. The van der Waals surface area contributed by atoms with E-state index in [4.69, 9.17) is 4.52 Å². The molecule has 0 radical (unpaired) electrons. The Morgan fingerprint density at radius 1 is 1.24 bits per heavy atom. The summed E-state index contributed by atoms with van der Waals surface area (Å²) >= 11 is 2.67. The Bertz CT molecular complexity index is 807. The molecule has 21 heavy (non-hydrogen) atoms. The van der Waals surface area contributed by atoms with Gasteiger partial charge in [-0.2, -0.15) is 9.29 Å². The van der Waals surface area contributed by atoms with Crippen molar-refractivity contribution in [3.8, 4) is 10.7 Å². The van der Waals surface area contributed by atoms with Gasteiger partial charge < -0.3 is 4.52 Å². The second-order valence-corrected chi connectivity index (χ2v) is 8.35. The van der Waals surface area contributed by atoms with Crippen LogP contribution in [-0.2, 0) is 16.6 Å². The van der Waals surface area contributed by atoms with Crippen LogP contribution in [0.25, 0.3) is 10.7 Å². The highest BCUT2D eigenvalue weighted by atomic mass is 32.2. The molecule has 0 saturated heterocycles. The van der Waals surface area contributed by atoms with Crippen molar-refractivity contribution < 1.29 is 12.9 Å². The third-order valence-electron chi connectivity index (χ3n) is 2.73. The zero-order valence-electron chi connectivity index (χ0n) is 11.0. The highest BCUT2D eigenvalue weighted by molar-refractivity contribution is 7.91. The molecule has 0 unspecified atom stereocenters. The maximum Gasteiger partial charge on any atom is 0.252 e. The van der Waals surface area contributed by atoms with E-state index >= 15 is 0 Å². The van der Waals surface area contributed by atoms with Crippen LogP contribution in [-0.4, -0.2) is 29.9 Å². The Hall–Kier alpha value is -1.55. The topological polar surface area (TPSA) is 76.3 Å². The third-order valence-corrected chi connectivity index (χ3v) is 6.77. The maximum absolute atomic E-state index is 12.3. The lowest BCUT2D eigenvalue weighted by Crippen LogP contribution is -2.25. The maximum atomic E-state index is 12.3. The van der Waals surface area contributed by atoms with Gasteiger partial charge in [-0.25, -0.2) is 8.42 Å². The summed E-state index contributed by atoms with van der Waals surface area (Å²) in [7, 11) is -2.02. The number of sulfonamides is 1. The highest BCUT2D eigenvalue weighted by Gasteiger charge is 2.24. The summed E-state index contributed by atoms with van der Waals surface area (Å²) in [6, 6.07) is 7.04. The fourth-order valence-electron chi connectivity index (χ4n) is 1.66. The molecule has 0 spiro atoms. The summed E-state index contributed by atoms with van der Waals surface area (Å²) in [6.45, 7) is 0.0403. The molecule has 0 bridgehead atoms. The fraction of sp³-hybridized carbons (Fsp3) is 0.167. The van der Waals surface area contributed by atoms with Gasteiger partial charge in [0, 0.05) is 7.05 Å². The summed E-state index contributed by atoms with van der Waals surface area (Å²) in [5.74, 6) is 0.739. The molecule has 0 fully saturated rings. The Morgan fingerprint density at radius 3 is 2.67 bits per heavy atom. The van der Waals surface area contributed by atoms with E-state index in [9.17, 15) is 8.42 Å². The van der Waals surface area contributed by atoms with Crippen LogP contribution < -0.4 is 0 Å². The van der Waals surface area contributed by atoms with Crippen molar-refractivity contribution in [3.05, 3.63) is 40.9 Å². The summed E-state index contributed by atoms with van der Waals surface area (Å²) in [4.78, 5) is 5.10. The molecule has 110 valence electrons. The molecule has 0 amide bonds. The van der Waals surface area contributed by atoms with Crippen LogP contribution >= 0.6 is 22.7 Å². The number of aromatic nitrogens is 2. The SMILES string of the molecule is CN(Cc1nc(-c2cccs2)no1)S(=O)(=O)c1cccs1. The Balaban J connectivity index is 1.78. The van der Waals surface area contributed by atoms with E-state index in [1.807, 2.05) is 17.5 Å². The predicted octanol–water partition coefficient (Wildman–Crippen LogP) is 2.68. The van der Waals surface area contributed by atoms with Crippen molar-refractivity contribution in [2.24, 2.45) is 0 Å². The number of hydrogen-bond donors (Lipinski definition) is 0. The first-order chi connectivity index (χ1) is 10.1. The van der Waals surface area contributed by atoms with Crippen LogP contribution in [0.2, 0.25) is 0 Å². The van der Waals surface area contributed by atoms with E-state index in [2.05, 4.69) is 10.1 Å². The van der Waals surface area contributed by atoms with Crippen molar-refractivity contribution in [2.75, 3.05) is 7.05 Å². The number of nitrogens with zero attached hydrogens (tertiary/aromatic N) is 3. The molecule has 0 aliphatic rings. The van der Waals surface area contributed by atoms with Crippen molar-refractivity contribution in [2.45, 2.75) is 10.8 Å². The van der Waals surface area contributed by atoms with Gasteiger partial charge in [-0.1, -0.05) is 17.3 Å². The van der Waals surface area contributed by atoms with Crippen molar-refractivity contribution >= 4 is 32.7 Å². The molecular formula is C12H11N3O3S3. The van der Waals surface area contributed by atoms with Gasteiger partial charge >= 0.3 is 0 Å². The van der Waals surface area contributed by atoms with Crippen LogP contribution in [0.1, 0.15) is 5.89 Å². The Kier molecular flexibility index (Phi) is 3.89. The minimum absolute atomic E-state index is 0.0403. The molecule has 3 heterocycles. The van der Waals surface area contributed by atoms with Crippen molar-refractivity contribution in [1.29, 1.82) is 0 Å². The molecule has 0 aromatic carbocycles. The van der Waals surface area contributed by atoms with Gasteiger partial charge in [0.25, 0.3) is 10.0 Å². The molecule has 3 rings (SSSR count). The van der Waals surface area contributed by atoms with Gasteiger partial charge in [-0.05, 0) is 22.9 Å². The van der Waals surface area contributed by atoms with E-state index in [-0.39, 0.29) is 12.4 Å². The van der Waals surface area contributed by atoms with Gasteiger partial charge in [0.2, 0.25) is 11.7 Å². The largest absolute Gasteiger partial charge is 0.337 e. The Morgan fingerprint density at radius 2 is 2.00 bits per heavy atom. The van der Waals surface area contributed by atoms with Crippen molar-refractivity contribution in [1.82, 2.24) is 14.4 Å². The molecule has 0 aliphatic carbocycles. The quantitative estimate of drug-likeness (QED) is 0.713. The third kappa shape index (κ3) is 2.91. The van der Waals surface area contributed by atoms with Gasteiger partial charge in [0.05, 0.1) is 11.4 Å². The summed E-state index contributed by atoms with van der Waals surface area (Å²) in [5.41, 5.74) is 0. The monoisotopic (exact) mass is 341 g/mol. The lowest BCUT2D eigenvalue weighted by atomic mass is 10.4. The van der Waals surface area contributed by atoms with Crippen LogP contribution in [0, 0.1) is 0 Å². The van der Waals surface area contributed by atoms with Crippen LogP contribution in [0.3, 0.4) is 0 Å². The van der Waals surface area contributed by atoms with Crippen LogP contribution in [0.15, 0.2) is 43.8 Å². The van der Waals surface area contributed by atoms with E-state index < -0.39 is 10.0 Å². The van der Waals surface area contributed by atoms with E-state index in [1.165, 1.54) is 34.0 Å². The minimum atomic E-state index is -3.51. The lowest BCUT2D eigenvalue weighted by molar-refractivity contribution is 0.337. The normalized spacial score (nSPS) is 12.1. The first-order valence-electron chi connectivity index (χ1n) is 5.93. The molecule has 6 nitrogen and oxygen atoms in total. The van der Waals surface area contributed by atoms with Gasteiger partial charge in [-0.3, -0.25) is 0 Å². The average molecular weight is 341 g/mol. The van der Waals surface area contributed by atoms with Gasteiger partial charge in [-0.15, -0.1) is 22.7 Å². The molecule has 0 N–H and O–H groups in total.